The van der Waals surface area contributed by atoms with E-state index in [1.165, 1.54) is 32.1 Å². The molecule has 0 aromatic rings. The van der Waals surface area contributed by atoms with Crippen LogP contribution in [-0.2, 0) is 4.79 Å². The Hall–Kier alpha value is -0.280. The number of carbonyl (C=O) groups excluding carboxylic acids is 1. The van der Waals surface area contributed by atoms with Crippen molar-refractivity contribution >= 4 is 18.3 Å². The number of rotatable bonds is 6. The summed E-state index contributed by atoms with van der Waals surface area (Å²) in [5.74, 6) is 1.13. The van der Waals surface area contributed by atoms with Crippen molar-refractivity contribution in [2.75, 3.05) is 19.6 Å². The summed E-state index contributed by atoms with van der Waals surface area (Å²) in [6.07, 6.45) is 9.42. The van der Waals surface area contributed by atoms with Crippen molar-refractivity contribution in [1.29, 1.82) is 0 Å². The third-order valence-corrected chi connectivity index (χ3v) is 4.78. The first-order chi connectivity index (χ1) is 8.69. The van der Waals surface area contributed by atoms with Crippen molar-refractivity contribution in [2.45, 2.75) is 58.3 Å². The molecule has 0 unspecified atom stereocenters. The van der Waals surface area contributed by atoms with Crippen LogP contribution in [-0.4, -0.2) is 30.4 Å². The van der Waals surface area contributed by atoms with Gasteiger partial charge in [0.2, 0.25) is 5.91 Å². The van der Waals surface area contributed by atoms with Gasteiger partial charge in [-0.15, -0.1) is 12.4 Å². The number of hydrogen-bond acceptors (Lipinski definition) is 2. The number of carbonyl (C=O) groups is 1. The SMILES string of the molecule is CCN(CC1CC1)C(=O)CC1(CN)CCCCC1.Cl. The highest BCUT2D eigenvalue weighted by molar-refractivity contribution is 5.85. The van der Waals surface area contributed by atoms with E-state index in [1.807, 2.05) is 0 Å². The molecule has 0 aromatic heterocycles. The maximum Gasteiger partial charge on any atom is 0.223 e. The second-order valence-corrected chi connectivity index (χ2v) is 6.32. The highest BCUT2D eigenvalue weighted by atomic mass is 35.5. The van der Waals surface area contributed by atoms with Gasteiger partial charge < -0.3 is 10.6 Å². The molecule has 3 nitrogen and oxygen atoms in total. The molecule has 1 amide bonds. The zero-order valence-corrected chi connectivity index (χ0v) is 13.0. The molecule has 2 N–H and O–H groups in total. The smallest absolute Gasteiger partial charge is 0.223 e. The van der Waals surface area contributed by atoms with Gasteiger partial charge in [-0.1, -0.05) is 19.3 Å². The number of amides is 1. The predicted molar refractivity (Wildman–Crippen MR) is 81.4 cm³/mol. The molecule has 0 spiro atoms. The Kier molecular flexibility index (Phi) is 6.61. The second-order valence-electron chi connectivity index (χ2n) is 6.32. The van der Waals surface area contributed by atoms with Gasteiger partial charge in [0, 0.05) is 19.5 Å². The third kappa shape index (κ3) is 4.64. The van der Waals surface area contributed by atoms with Crippen LogP contribution < -0.4 is 5.73 Å². The molecular weight excluding hydrogens is 260 g/mol. The minimum Gasteiger partial charge on any atom is -0.343 e. The Morgan fingerprint density at radius 2 is 1.89 bits per heavy atom. The lowest BCUT2D eigenvalue weighted by molar-refractivity contribution is -0.134. The number of nitrogens with zero attached hydrogens (tertiary/aromatic N) is 1. The van der Waals surface area contributed by atoms with Gasteiger partial charge in [-0.2, -0.15) is 0 Å². The maximum atomic E-state index is 12.4. The van der Waals surface area contributed by atoms with Crippen LogP contribution in [0.15, 0.2) is 0 Å². The Labute approximate surface area is 123 Å². The lowest BCUT2D eigenvalue weighted by Gasteiger charge is -2.37. The molecule has 112 valence electrons. The standard InChI is InChI=1S/C15H28N2O.ClH/c1-2-17(11-13-6-7-13)14(18)10-15(12-16)8-4-3-5-9-15;/h13H,2-12,16H2,1H3;1H. The molecule has 2 aliphatic carbocycles. The molecule has 2 saturated carbocycles. The van der Waals surface area contributed by atoms with E-state index in [-0.39, 0.29) is 17.8 Å². The first-order valence-electron chi connectivity index (χ1n) is 7.67. The fourth-order valence-corrected chi connectivity index (χ4v) is 3.21. The molecule has 0 aromatic carbocycles. The predicted octanol–water partition coefficient (Wildman–Crippen LogP) is 2.97. The van der Waals surface area contributed by atoms with Gasteiger partial charge in [0.15, 0.2) is 0 Å². The minimum absolute atomic E-state index is 0. The summed E-state index contributed by atoms with van der Waals surface area (Å²) in [7, 11) is 0. The van der Waals surface area contributed by atoms with Gasteiger partial charge in [0.25, 0.3) is 0 Å². The highest BCUT2D eigenvalue weighted by Crippen LogP contribution is 2.39. The van der Waals surface area contributed by atoms with Crippen LogP contribution in [0.3, 0.4) is 0 Å². The molecule has 4 heteroatoms. The molecule has 2 rings (SSSR count). The lowest BCUT2D eigenvalue weighted by atomic mass is 9.71. The van der Waals surface area contributed by atoms with E-state index in [0.29, 0.717) is 18.9 Å². The Bertz CT molecular complexity index is 286. The highest BCUT2D eigenvalue weighted by Gasteiger charge is 2.35. The summed E-state index contributed by atoms with van der Waals surface area (Å²) in [6.45, 7) is 4.61. The van der Waals surface area contributed by atoms with E-state index < -0.39 is 0 Å². The van der Waals surface area contributed by atoms with Crippen LogP contribution in [0.25, 0.3) is 0 Å². The molecule has 0 aliphatic heterocycles. The summed E-state index contributed by atoms with van der Waals surface area (Å²) < 4.78 is 0. The summed E-state index contributed by atoms with van der Waals surface area (Å²) in [4.78, 5) is 14.5. The molecule has 0 saturated heterocycles. The quantitative estimate of drug-likeness (QED) is 0.817. The molecule has 0 heterocycles. The van der Waals surface area contributed by atoms with Gasteiger partial charge in [0.1, 0.15) is 0 Å². The summed E-state index contributed by atoms with van der Waals surface area (Å²) in [5, 5.41) is 0. The lowest BCUT2D eigenvalue weighted by Crippen LogP contribution is -2.41. The Morgan fingerprint density at radius 1 is 1.26 bits per heavy atom. The summed E-state index contributed by atoms with van der Waals surface area (Å²) >= 11 is 0. The second kappa shape index (κ2) is 7.49. The average Bonchev–Trinajstić information content (AvgIpc) is 3.21. The largest absolute Gasteiger partial charge is 0.343 e. The van der Waals surface area contributed by atoms with Crippen molar-refractivity contribution < 1.29 is 4.79 Å². The van der Waals surface area contributed by atoms with E-state index in [9.17, 15) is 4.79 Å². The van der Waals surface area contributed by atoms with Crippen LogP contribution in [0.5, 0.6) is 0 Å². The van der Waals surface area contributed by atoms with Gasteiger partial charge in [-0.3, -0.25) is 4.79 Å². The summed E-state index contributed by atoms with van der Waals surface area (Å²) in [5.41, 5.74) is 6.09. The molecular formula is C15H29ClN2O. The zero-order chi connectivity index (χ0) is 13.0. The van der Waals surface area contributed by atoms with Crippen LogP contribution in [0.1, 0.15) is 58.3 Å². The van der Waals surface area contributed by atoms with E-state index in [1.54, 1.807) is 0 Å². The van der Waals surface area contributed by atoms with Crippen LogP contribution in [0.4, 0.5) is 0 Å². The fourth-order valence-electron chi connectivity index (χ4n) is 3.21. The third-order valence-electron chi connectivity index (χ3n) is 4.78. The first-order valence-corrected chi connectivity index (χ1v) is 7.67. The molecule has 0 radical (unpaired) electrons. The normalized spacial score (nSPS) is 21.6. The van der Waals surface area contributed by atoms with Gasteiger partial charge in [0.05, 0.1) is 0 Å². The Balaban J connectivity index is 0.00000180. The van der Waals surface area contributed by atoms with Gasteiger partial charge in [-0.25, -0.2) is 0 Å². The van der Waals surface area contributed by atoms with Gasteiger partial charge >= 0.3 is 0 Å². The molecule has 2 fully saturated rings. The molecule has 19 heavy (non-hydrogen) atoms. The van der Waals surface area contributed by atoms with E-state index >= 15 is 0 Å². The van der Waals surface area contributed by atoms with Crippen LogP contribution in [0, 0.1) is 11.3 Å². The van der Waals surface area contributed by atoms with Crippen LogP contribution >= 0.6 is 12.4 Å². The minimum atomic E-state index is 0. The van der Waals surface area contributed by atoms with Gasteiger partial charge in [-0.05, 0) is 50.5 Å². The number of halogens is 1. The van der Waals surface area contributed by atoms with E-state index in [0.717, 1.165) is 31.8 Å². The van der Waals surface area contributed by atoms with Crippen molar-refractivity contribution in [3.05, 3.63) is 0 Å². The maximum absolute atomic E-state index is 12.4. The van der Waals surface area contributed by atoms with Crippen LogP contribution in [0.2, 0.25) is 0 Å². The fraction of sp³-hybridized carbons (Fsp3) is 0.933. The number of hydrogen-bond donors (Lipinski definition) is 1. The molecule has 0 atom stereocenters. The van der Waals surface area contributed by atoms with Crippen molar-refractivity contribution in [3.63, 3.8) is 0 Å². The van der Waals surface area contributed by atoms with Crippen molar-refractivity contribution in [1.82, 2.24) is 4.90 Å². The average molecular weight is 289 g/mol. The Morgan fingerprint density at radius 3 is 2.37 bits per heavy atom. The van der Waals surface area contributed by atoms with Crippen molar-refractivity contribution in [3.8, 4) is 0 Å². The van der Waals surface area contributed by atoms with Crippen molar-refractivity contribution in [2.24, 2.45) is 17.1 Å². The topological polar surface area (TPSA) is 46.3 Å². The van der Waals surface area contributed by atoms with E-state index in [4.69, 9.17) is 5.73 Å². The summed E-state index contributed by atoms with van der Waals surface area (Å²) in [6, 6.07) is 0. The monoisotopic (exact) mass is 288 g/mol. The zero-order valence-electron chi connectivity index (χ0n) is 12.2. The number of nitrogens with two attached hydrogens (primary N) is 1. The first kappa shape index (κ1) is 16.8. The molecule has 2 aliphatic rings. The molecule has 0 bridgehead atoms. The van der Waals surface area contributed by atoms with E-state index in [2.05, 4.69) is 11.8 Å².